The number of thioether (sulfide) groups is 2. The van der Waals surface area contributed by atoms with E-state index >= 15 is 0 Å². The van der Waals surface area contributed by atoms with E-state index in [9.17, 15) is 28.8 Å². The molecule has 0 aromatic heterocycles. The Balaban J connectivity index is 2.56. The first kappa shape index (κ1) is 49.7. The van der Waals surface area contributed by atoms with Gasteiger partial charge in [0, 0.05) is 48.1 Å². The van der Waals surface area contributed by atoms with Gasteiger partial charge in [-0.25, -0.2) is 4.79 Å². The molecule has 4 N–H and O–H groups in total. The average Bonchev–Trinajstić information content (AvgIpc) is 3.14. The molecule has 55 heavy (non-hydrogen) atoms. The normalized spacial score (nSPS) is 10.8. The Morgan fingerprint density at radius 3 is 1.67 bits per heavy atom. The molecule has 0 unspecified atom stereocenters. The largest absolute Gasteiger partial charge is 0.447 e. The summed E-state index contributed by atoms with van der Waals surface area (Å²) in [7, 11) is 0. The van der Waals surface area contributed by atoms with Crippen molar-refractivity contribution in [3.8, 4) is 0 Å². The Morgan fingerprint density at radius 2 is 1.09 bits per heavy atom. The maximum atomic E-state index is 13.0. The van der Waals surface area contributed by atoms with E-state index in [1.165, 1.54) is 37.7 Å². The number of ether oxygens (including phenoxy) is 8. The van der Waals surface area contributed by atoms with Crippen LogP contribution in [0, 0.1) is 0 Å². The fourth-order valence-corrected chi connectivity index (χ4v) is 5.09. The number of anilines is 2. The van der Waals surface area contributed by atoms with E-state index in [1.54, 1.807) is 6.07 Å². The highest BCUT2D eigenvalue weighted by atomic mass is 32.2. The lowest BCUT2D eigenvalue weighted by atomic mass is 10.1. The molecule has 0 fully saturated rings. The van der Waals surface area contributed by atoms with Crippen LogP contribution in [-0.4, -0.2) is 164 Å². The van der Waals surface area contributed by atoms with Crippen molar-refractivity contribution < 1.29 is 66.7 Å². The average molecular weight is 821 g/mol. The van der Waals surface area contributed by atoms with Crippen molar-refractivity contribution in [1.29, 1.82) is 0 Å². The number of ketones is 2. The van der Waals surface area contributed by atoms with Crippen molar-refractivity contribution in [1.82, 2.24) is 10.6 Å². The molecule has 1 rings (SSSR count). The SMILES string of the molecule is CCOCCOC(=O)NCCNC(=O)c1cc(NC(=O)CSCCOCCOCCOCC(C)=O)cc(NC(=O)SCCOCCOCCOCC(C)=O)c1. The number of hydrogen-bond acceptors (Lipinski definition) is 16. The molecule has 20 heteroatoms. The van der Waals surface area contributed by atoms with E-state index in [1.807, 2.05) is 6.92 Å². The van der Waals surface area contributed by atoms with Crippen LogP contribution in [0.15, 0.2) is 18.2 Å². The minimum absolute atomic E-state index is 0.0460. The van der Waals surface area contributed by atoms with Gasteiger partial charge in [-0.1, -0.05) is 11.8 Å². The first-order valence-corrected chi connectivity index (χ1v) is 19.9. The van der Waals surface area contributed by atoms with Crippen LogP contribution in [0.1, 0.15) is 31.1 Å². The van der Waals surface area contributed by atoms with E-state index in [0.717, 1.165) is 11.8 Å². The number of benzene rings is 1. The number of carbonyl (C=O) groups is 6. The van der Waals surface area contributed by atoms with Crippen molar-refractivity contribution >= 4 is 69.6 Å². The van der Waals surface area contributed by atoms with Crippen LogP contribution in [0.25, 0.3) is 0 Å². The highest BCUT2D eigenvalue weighted by molar-refractivity contribution is 8.13. The smallest absolute Gasteiger partial charge is 0.407 e. The summed E-state index contributed by atoms with van der Waals surface area (Å²) in [4.78, 5) is 71.9. The Hall–Kier alpha value is -3.34. The summed E-state index contributed by atoms with van der Waals surface area (Å²) in [6.07, 6.45) is -0.643. The van der Waals surface area contributed by atoms with Crippen LogP contribution in [0.4, 0.5) is 21.0 Å². The van der Waals surface area contributed by atoms with E-state index in [2.05, 4.69) is 21.3 Å². The van der Waals surface area contributed by atoms with Crippen LogP contribution in [0.2, 0.25) is 0 Å². The summed E-state index contributed by atoms with van der Waals surface area (Å²) in [5, 5.41) is 10.3. The van der Waals surface area contributed by atoms with Crippen molar-refractivity contribution in [2.24, 2.45) is 0 Å². The van der Waals surface area contributed by atoms with Gasteiger partial charge in [-0.2, -0.15) is 0 Å². The lowest BCUT2D eigenvalue weighted by molar-refractivity contribution is -0.122. The molecule has 0 atom stereocenters. The molecule has 0 saturated carbocycles. The van der Waals surface area contributed by atoms with Crippen LogP contribution in [0.3, 0.4) is 0 Å². The lowest BCUT2D eigenvalue weighted by Gasteiger charge is -2.13. The molecule has 1 aromatic rings. The van der Waals surface area contributed by atoms with E-state index < -0.39 is 17.2 Å². The van der Waals surface area contributed by atoms with Gasteiger partial charge < -0.3 is 59.2 Å². The van der Waals surface area contributed by atoms with Crippen molar-refractivity contribution in [3.05, 3.63) is 23.8 Å². The molecule has 0 heterocycles. The van der Waals surface area contributed by atoms with Crippen LogP contribution in [-0.2, 0) is 52.3 Å². The maximum Gasteiger partial charge on any atom is 0.407 e. The van der Waals surface area contributed by atoms with Gasteiger partial charge in [0.05, 0.1) is 78.4 Å². The summed E-state index contributed by atoms with van der Waals surface area (Å²) in [5.41, 5.74) is 0.748. The van der Waals surface area contributed by atoms with Gasteiger partial charge in [-0.15, -0.1) is 11.8 Å². The predicted octanol–water partition coefficient (Wildman–Crippen LogP) is 2.39. The maximum absolute atomic E-state index is 13.0. The molecule has 0 radical (unpaired) electrons. The van der Waals surface area contributed by atoms with Gasteiger partial charge in [0.2, 0.25) is 5.91 Å². The lowest BCUT2D eigenvalue weighted by Crippen LogP contribution is -2.35. The first-order chi connectivity index (χ1) is 26.6. The molecule has 0 saturated heterocycles. The van der Waals surface area contributed by atoms with Gasteiger partial charge >= 0.3 is 6.09 Å². The zero-order chi connectivity index (χ0) is 40.4. The first-order valence-electron chi connectivity index (χ1n) is 17.8. The molecular formula is C35H56N4O14S2. The Labute approximate surface area is 330 Å². The molecule has 4 amide bonds. The molecule has 312 valence electrons. The second-order valence-electron chi connectivity index (χ2n) is 11.1. The van der Waals surface area contributed by atoms with Gasteiger partial charge in [0.25, 0.3) is 11.1 Å². The number of nitrogens with one attached hydrogen (secondary N) is 4. The molecule has 0 aliphatic carbocycles. The molecule has 0 aliphatic heterocycles. The fourth-order valence-electron chi connectivity index (χ4n) is 3.87. The minimum atomic E-state index is -0.643. The third-order valence-corrected chi connectivity index (χ3v) is 7.89. The number of rotatable bonds is 34. The molecule has 0 bridgehead atoms. The number of Topliss-reactive ketones (excluding diaryl/α,β-unsaturated/α-hetero) is 2. The second-order valence-corrected chi connectivity index (χ2v) is 13.3. The third kappa shape index (κ3) is 30.6. The molecule has 1 aromatic carbocycles. The van der Waals surface area contributed by atoms with Crippen molar-refractivity contribution in [3.63, 3.8) is 0 Å². The Bertz CT molecular complexity index is 1280. The summed E-state index contributed by atoms with van der Waals surface area (Å²) < 4.78 is 42.0. The zero-order valence-corrected chi connectivity index (χ0v) is 33.5. The third-order valence-electron chi connectivity index (χ3n) is 6.23. The molecule has 0 spiro atoms. The number of carbonyl (C=O) groups excluding carboxylic acids is 6. The van der Waals surface area contributed by atoms with Gasteiger partial charge in [-0.05, 0) is 39.0 Å². The van der Waals surface area contributed by atoms with E-state index in [0.29, 0.717) is 83.3 Å². The van der Waals surface area contributed by atoms with Crippen molar-refractivity contribution in [2.45, 2.75) is 20.8 Å². The van der Waals surface area contributed by atoms with Gasteiger partial charge in [-0.3, -0.25) is 24.0 Å². The minimum Gasteiger partial charge on any atom is -0.447 e. The quantitative estimate of drug-likeness (QED) is 0.0733. The van der Waals surface area contributed by atoms with E-state index in [4.69, 9.17) is 37.9 Å². The summed E-state index contributed by atoms with van der Waals surface area (Å²) >= 11 is 2.34. The Kier molecular flexibility index (Phi) is 30.7. The second kappa shape index (κ2) is 34.0. The van der Waals surface area contributed by atoms with Gasteiger partial charge in [0.1, 0.15) is 19.8 Å². The summed E-state index contributed by atoms with van der Waals surface area (Å²) in [6.45, 7) is 9.35. The summed E-state index contributed by atoms with van der Waals surface area (Å²) in [6, 6.07) is 4.50. The molecule has 18 nitrogen and oxygen atoms in total. The highest BCUT2D eigenvalue weighted by Gasteiger charge is 2.13. The predicted molar refractivity (Wildman–Crippen MR) is 208 cm³/mol. The zero-order valence-electron chi connectivity index (χ0n) is 31.9. The number of alkyl carbamates (subject to hydrolysis) is 1. The van der Waals surface area contributed by atoms with Crippen LogP contribution < -0.4 is 21.3 Å². The van der Waals surface area contributed by atoms with Crippen LogP contribution >= 0.6 is 23.5 Å². The molecule has 0 aliphatic rings. The standard InChI is InChI=1S/C35H56N4O14S2/c1-4-46-15-16-53-34(44)37-6-5-36-33(43)29-21-30(38-32(42)26-54-19-17-49-9-7-47-11-13-51-24-27(2)40)23-31(22-29)39-35(45)55-20-18-50-10-8-48-12-14-52-25-28(3)41/h21-23H,4-20,24-26H2,1-3H3,(H,36,43)(H,37,44)(H,38,42)(H,39,45). The number of hydrogen-bond donors (Lipinski definition) is 4. The topological polar surface area (TPSA) is 224 Å². The van der Waals surface area contributed by atoms with E-state index in [-0.39, 0.29) is 80.6 Å². The van der Waals surface area contributed by atoms with Gasteiger partial charge in [0.15, 0.2) is 11.6 Å². The van der Waals surface area contributed by atoms with Crippen molar-refractivity contribution in [2.75, 3.05) is 140 Å². The summed E-state index contributed by atoms with van der Waals surface area (Å²) in [5.74, 6) is 0.106. The number of amides is 4. The monoisotopic (exact) mass is 820 g/mol. The fraction of sp³-hybridized carbons (Fsp3) is 0.657. The highest BCUT2D eigenvalue weighted by Crippen LogP contribution is 2.21. The Morgan fingerprint density at radius 1 is 0.582 bits per heavy atom. The van der Waals surface area contributed by atoms with Crippen LogP contribution in [0.5, 0.6) is 0 Å². The molecular weight excluding hydrogens is 765 g/mol.